The van der Waals surface area contributed by atoms with Crippen molar-refractivity contribution in [2.75, 3.05) is 5.32 Å². The Labute approximate surface area is 197 Å². The molecule has 0 saturated heterocycles. The summed E-state index contributed by atoms with van der Waals surface area (Å²) in [5.41, 5.74) is 3.90. The van der Waals surface area contributed by atoms with Crippen LogP contribution in [0.25, 0.3) is 0 Å². The van der Waals surface area contributed by atoms with Crippen LogP contribution < -0.4 is 10.6 Å². The van der Waals surface area contributed by atoms with Gasteiger partial charge in [0.15, 0.2) is 5.78 Å². The van der Waals surface area contributed by atoms with Gasteiger partial charge in [0.05, 0.1) is 0 Å². The van der Waals surface area contributed by atoms with Gasteiger partial charge in [0.2, 0.25) is 0 Å². The van der Waals surface area contributed by atoms with Crippen LogP contribution in [0.3, 0.4) is 0 Å². The number of nitrogens with one attached hydrogen (secondary N) is 2. The van der Waals surface area contributed by atoms with Crippen molar-refractivity contribution in [3.8, 4) is 0 Å². The lowest BCUT2D eigenvalue weighted by Gasteiger charge is -2.39. The molecule has 5 nitrogen and oxygen atoms in total. The quantitative estimate of drug-likeness (QED) is 0.583. The van der Waals surface area contributed by atoms with Gasteiger partial charge in [-0.05, 0) is 55.5 Å². The number of amides is 1. The van der Waals surface area contributed by atoms with Gasteiger partial charge in [-0.15, -0.1) is 0 Å². The summed E-state index contributed by atoms with van der Waals surface area (Å²) in [5.74, 6) is -0.448. The van der Waals surface area contributed by atoms with Gasteiger partial charge in [-0.2, -0.15) is 0 Å². The van der Waals surface area contributed by atoms with E-state index in [4.69, 9.17) is 23.2 Å². The third-order valence-electron chi connectivity index (χ3n) is 5.89. The predicted molar refractivity (Wildman–Crippen MR) is 128 cm³/mol. The molecule has 0 spiro atoms. The Hall–Kier alpha value is -2.63. The van der Waals surface area contributed by atoms with Crippen LogP contribution in [0.4, 0.5) is 5.82 Å². The number of halogens is 2. The monoisotopic (exact) mass is 469 g/mol. The highest BCUT2D eigenvalue weighted by atomic mass is 35.5. The van der Waals surface area contributed by atoms with Gasteiger partial charge in [-0.25, -0.2) is 4.98 Å². The molecule has 2 N–H and O–H groups in total. The summed E-state index contributed by atoms with van der Waals surface area (Å²) in [6, 6.07) is 10.6. The number of nitrogens with zero attached hydrogens (tertiary/aromatic N) is 1. The van der Waals surface area contributed by atoms with E-state index in [9.17, 15) is 9.59 Å². The molecule has 0 bridgehead atoms. The Kier molecular flexibility index (Phi) is 5.91. The molecule has 0 saturated carbocycles. The number of rotatable bonds is 3. The van der Waals surface area contributed by atoms with Crippen LogP contribution >= 0.6 is 23.2 Å². The van der Waals surface area contributed by atoms with Crippen molar-refractivity contribution in [3.63, 3.8) is 0 Å². The lowest BCUT2D eigenvalue weighted by atomic mass is 9.68. The van der Waals surface area contributed by atoms with Crippen molar-refractivity contribution in [3.05, 3.63) is 80.2 Å². The summed E-state index contributed by atoms with van der Waals surface area (Å²) in [6.07, 6.45) is 1.12. The van der Waals surface area contributed by atoms with Crippen LogP contribution in [-0.2, 0) is 9.59 Å². The number of aromatic nitrogens is 1. The van der Waals surface area contributed by atoms with Crippen LogP contribution in [-0.4, -0.2) is 16.7 Å². The number of benzene rings is 1. The topological polar surface area (TPSA) is 71.1 Å². The van der Waals surface area contributed by atoms with Crippen molar-refractivity contribution in [2.24, 2.45) is 5.41 Å². The molecule has 1 aliphatic carbocycles. The number of ketones is 1. The minimum Gasteiger partial charge on any atom is -0.362 e. The molecule has 7 heteroatoms. The maximum absolute atomic E-state index is 13.5. The van der Waals surface area contributed by atoms with E-state index in [0.29, 0.717) is 51.1 Å². The number of hydrogen-bond donors (Lipinski definition) is 2. The van der Waals surface area contributed by atoms with Gasteiger partial charge < -0.3 is 10.6 Å². The fraction of sp³-hybridized carbons (Fsp3) is 0.320. The largest absolute Gasteiger partial charge is 0.362 e. The SMILES string of the molecule is CC1=C(C(=O)Nc2cccc(C)n2)[C@@H](c2ccc(Cl)cc2Cl)C2=C(CC(C)(C)CC2=O)N1. The van der Waals surface area contributed by atoms with Crippen molar-refractivity contribution < 1.29 is 9.59 Å². The summed E-state index contributed by atoms with van der Waals surface area (Å²) in [5, 5.41) is 7.15. The zero-order chi connectivity index (χ0) is 23.2. The molecule has 1 aliphatic heterocycles. The number of allylic oxidation sites excluding steroid dienone is 3. The molecule has 2 heterocycles. The van der Waals surface area contributed by atoms with Crippen LogP contribution in [0.15, 0.2) is 58.9 Å². The molecule has 1 aromatic heterocycles. The molecule has 166 valence electrons. The Morgan fingerprint density at radius 1 is 1.16 bits per heavy atom. The van der Waals surface area contributed by atoms with E-state index in [-0.39, 0.29) is 17.1 Å². The minimum absolute atomic E-state index is 0.0197. The molecule has 32 heavy (non-hydrogen) atoms. The van der Waals surface area contributed by atoms with Gasteiger partial charge in [0.25, 0.3) is 5.91 Å². The van der Waals surface area contributed by atoms with Crippen LogP contribution in [0, 0.1) is 12.3 Å². The number of pyridine rings is 1. The van der Waals surface area contributed by atoms with Crippen LogP contribution in [0.1, 0.15) is 50.8 Å². The van der Waals surface area contributed by atoms with E-state index in [1.54, 1.807) is 24.3 Å². The molecule has 2 aromatic rings. The predicted octanol–water partition coefficient (Wildman–Crippen LogP) is 5.94. The first kappa shape index (κ1) is 22.6. The third-order valence-corrected chi connectivity index (χ3v) is 6.45. The number of aryl methyl sites for hydroxylation is 1. The minimum atomic E-state index is -0.593. The molecule has 0 radical (unpaired) electrons. The number of dihydropyridines is 1. The third kappa shape index (κ3) is 4.32. The summed E-state index contributed by atoms with van der Waals surface area (Å²) in [7, 11) is 0. The molecule has 1 aromatic carbocycles. The Morgan fingerprint density at radius 3 is 2.59 bits per heavy atom. The molecule has 0 fully saturated rings. The second-order valence-electron chi connectivity index (χ2n) is 9.21. The summed E-state index contributed by atoms with van der Waals surface area (Å²) < 4.78 is 0. The molecule has 1 amide bonds. The molecule has 2 aliphatic rings. The highest BCUT2D eigenvalue weighted by Gasteiger charge is 2.43. The first-order chi connectivity index (χ1) is 15.1. The zero-order valence-electron chi connectivity index (χ0n) is 18.5. The normalized spacial score (nSPS) is 20.1. The number of anilines is 1. The zero-order valence-corrected chi connectivity index (χ0v) is 20.0. The fourth-order valence-corrected chi connectivity index (χ4v) is 5.10. The number of carbonyl (C=O) groups is 2. The van der Waals surface area contributed by atoms with Gasteiger partial charge in [-0.3, -0.25) is 9.59 Å². The summed E-state index contributed by atoms with van der Waals surface area (Å²) in [6.45, 7) is 7.86. The summed E-state index contributed by atoms with van der Waals surface area (Å²) in [4.78, 5) is 31.2. The van der Waals surface area contributed by atoms with Crippen molar-refractivity contribution in [1.82, 2.24) is 10.3 Å². The average Bonchev–Trinajstić information content (AvgIpc) is 2.66. The Morgan fingerprint density at radius 2 is 1.91 bits per heavy atom. The molecular formula is C25H25Cl2N3O2. The molecule has 0 unspecified atom stereocenters. The smallest absolute Gasteiger partial charge is 0.255 e. The van der Waals surface area contributed by atoms with E-state index in [1.165, 1.54) is 0 Å². The number of Topliss-reactive ketones (excluding diaryl/α,β-unsaturated/α-hetero) is 1. The first-order valence-electron chi connectivity index (χ1n) is 10.5. The number of hydrogen-bond acceptors (Lipinski definition) is 4. The van der Waals surface area contributed by atoms with Gasteiger partial charge in [0.1, 0.15) is 5.82 Å². The van der Waals surface area contributed by atoms with Crippen molar-refractivity contribution in [1.29, 1.82) is 0 Å². The summed E-state index contributed by atoms with van der Waals surface area (Å²) >= 11 is 12.7. The van der Waals surface area contributed by atoms with Crippen LogP contribution in [0.5, 0.6) is 0 Å². The van der Waals surface area contributed by atoms with Crippen LogP contribution in [0.2, 0.25) is 10.0 Å². The second-order valence-corrected chi connectivity index (χ2v) is 10.1. The van der Waals surface area contributed by atoms with E-state index in [2.05, 4.69) is 29.5 Å². The number of carbonyl (C=O) groups excluding carboxylic acids is 2. The maximum atomic E-state index is 13.5. The first-order valence-corrected chi connectivity index (χ1v) is 11.3. The van der Waals surface area contributed by atoms with E-state index in [1.807, 2.05) is 26.0 Å². The van der Waals surface area contributed by atoms with Crippen molar-refractivity contribution >= 4 is 40.7 Å². The highest BCUT2D eigenvalue weighted by Crippen LogP contribution is 2.48. The van der Waals surface area contributed by atoms with Gasteiger partial charge >= 0.3 is 0 Å². The lowest BCUT2D eigenvalue weighted by Crippen LogP contribution is -2.39. The van der Waals surface area contributed by atoms with Crippen molar-refractivity contribution in [2.45, 2.75) is 46.5 Å². The second kappa shape index (κ2) is 8.38. The van der Waals surface area contributed by atoms with E-state index < -0.39 is 5.92 Å². The molecule has 1 atom stereocenters. The average molecular weight is 470 g/mol. The van der Waals surface area contributed by atoms with E-state index >= 15 is 0 Å². The van der Waals surface area contributed by atoms with Gasteiger partial charge in [-0.1, -0.05) is 49.2 Å². The van der Waals surface area contributed by atoms with E-state index in [0.717, 1.165) is 11.4 Å². The molecule has 4 rings (SSSR count). The maximum Gasteiger partial charge on any atom is 0.255 e. The standard InChI is InChI=1S/C25H25Cl2N3O2/c1-13-6-5-7-20(28-13)30-24(32)21-14(2)29-18-11-25(3,4)12-19(31)23(18)22(21)16-9-8-15(26)10-17(16)27/h5-10,22,29H,11-12H2,1-4H3,(H,28,30,32)/t22-/m1/s1. The Balaban J connectivity index is 1.84. The van der Waals surface area contributed by atoms with Gasteiger partial charge in [0, 0.05) is 50.6 Å². The molecular weight excluding hydrogens is 445 g/mol. The lowest BCUT2D eigenvalue weighted by molar-refractivity contribution is -0.118. The Bertz CT molecular complexity index is 1200. The fourth-order valence-electron chi connectivity index (χ4n) is 4.58. The highest BCUT2D eigenvalue weighted by molar-refractivity contribution is 6.35.